The van der Waals surface area contributed by atoms with Crippen molar-refractivity contribution >= 4 is 11.8 Å². The molecule has 0 aromatic heterocycles. The Labute approximate surface area is 152 Å². The fraction of sp³-hybridized carbons (Fsp3) is 0.579. The van der Waals surface area contributed by atoms with Gasteiger partial charge in [0.25, 0.3) is 0 Å². The van der Waals surface area contributed by atoms with E-state index in [1.165, 1.54) is 0 Å². The predicted molar refractivity (Wildman–Crippen MR) is 92.7 cm³/mol. The van der Waals surface area contributed by atoms with Crippen molar-refractivity contribution in [3.8, 4) is 11.5 Å². The van der Waals surface area contributed by atoms with Gasteiger partial charge in [-0.05, 0) is 43.4 Å². The topological polar surface area (TPSA) is 91.1 Å². The summed E-state index contributed by atoms with van der Waals surface area (Å²) >= 11 is 0. The second-order valence-electron chi connectivity index (χ2n) is 7.16. The summed E-state index contributed by atoms with van der Waals surface area (Å²) in [5.74, 6) is 1.14. The molecule has 7 nitrogen and oxygen atoms in total. The highest BCUT2D eigenvalue weighted by Gasteiger charge is 2.41. The van der Waals surface area contributed by atoms with Gasteiger partial charge in [-0.3, -0.25) is 9.59 Å². The minimum Gasteiger partial charge on any atom is -0.454 e. The maximum Gasteiger partial charge on any atom is 0.231 e. The molecule has 3 aliphatic rings. The summed E-state index contributed by atoms with van der Waals surface area (Å²) in [4.78, 5) is 26.3. The normalized spacial score (nSPS) is 27.1. The molecule has 1 saturated heterocycles. The number of fused-ring (bicyclic) bond motifs is 2. The number of amides is 2. The number of benzene rings is 1. The zero-order valence-electron chi connectivity index (χ0n) is 14.7. The second-order valence-corrected chi connectivity index (χ2v) is 7.16. The Hall–Kier alpha value is -2.28. The van der Waals surface area contributed by atoms with Crippen LogP contribution in [0.25, 0.3) is 0 Å². The van der Waals surface area contributed by atoms with Gasteiger partial charge in [0.1, 0.15) is 0 Å². The maximum absolute atomic E-state index is 12.8. The van der Waals surface area contributed by atoms with E-state index >= 15 is 0 Å². The van der Waals surface area contributed by atoms with Crippen LogP contribution >= 0.6 is 0 Å². The van der Waals surface area contributed by atoms with Crippen molar-refractivity contribution in [1.82, 2.24) is 4.90 Å². The molecule has 0 radical (unpaired) electrons. The van der Waals surface area contributed by atoms with Gasteiger partial charge in [0.15, 0.2) is 11.5 Å². The Morgan fingerprint density at radius 1 is 1.19 bits per heavy atom. The lowest BCUT2D eigenvalue weighted by Gasteiger charge is -2.45. The Balaban J connectivity index is 1.39. The van der Waals surface area contributed by atoms with Crippen molar-refractivity contribution in [2.75, 3.05) is 19.9 Å². The van der Waals surface area contributed by atoms with Crippen molar-refractivity contribution in [3.63, 3.8) is 0 Å². The second kappa shape index (κ2) is 7.15. The van der Waals surface area contributed by atoms with Crippen LogP contribution in [0.15, 0.2) is 18.2 Å². The van der Waals surface area contributed by atoms with Crippen LogP contribution in [0, 0.1) is 5.92 Å². The first kappa shape index (κ1) is 17.1. The number of primary amides is 1. The molecule has 0 spiro atoms. The minimum absolute atomic E-state index is 0.0221. The van der Waals surface area contributed by atoms with Crippen molar-refractivity contribution in [2.24, 2.45) is 11.7 Å². The highest BCUT2D eigenvalue weighted by molar-refractivity contribution is 5.78. The van der Waals surface area contributed by atoms with Gasteiger partial charge in [-0.1, -0.05) is 6.07 Å². The largest absolute Gasteiger partial charge is 0.454 e. The van der Waals surface area contributed by atoms with Crippen LogP contribution in [0.4, 0.5) is 0 Å². The van der Waals surface area contributed by atoms with Gasteiger partial charge in [-0.25, -0.2) is 0 Å². The van der Waals surface area contributed by atoms with Gasteiger partial charge >= 0.3 is 0 Å². The van der Waals surface area contributed by atoms with Gasteiger partial charge in [-0.15, -0.1) is 0 Å². The fourth-order valence-electron chi connectivity index (χ4n) is 4.17. The van der Waals surface area contributed by atoms with Gasteiger partial charge in [0, 0.05) is 18.9 Å². The smallest absolute Gasteiger partial charge is 0.231 e. The summed E-state index contributed by atoms with van der Waals surface area (Å²) in [6.45, 7) is 1.38. The van der Waals surface area contributed by atoms with Crippen LogP contribution < -0.4 is 15.2 Å². The van der Waals surface area contributed by atoms with E-state index in [0.717, 1.165) is 29.9 Å². The number of rotatable bonds is 4. The molecule has 2 N–H and O–H groups in total. The molecule has 1 saturated carbocycles. The number of morpholine rings is 1. The minimum atomic E-state index is -0.276. The van der Waals surface area contributed by atoms with E-state index in [-0.39, 0.29) is 36.7 Å². The average Bonchev–Trinajstić information content (AvgIpc) is 3.13. The molecule has 140 valence electrons. The lowest BCUT2D eigenvalue weighted by molar-refractivity contribution is -0.153. The zero-order valence-corrected chi connectivity index (χ0v) is 14.7. The molecule has 3 atom stereocenters. The van der Waals surface area contributed by atoms with Gasteiger partial charge in [0.05, 0.1) is 18.8 Å². The first-order chi connectivity index (χ1) is 12.6. The summed E-state index contributed by atoms with van der Waals surface area (Å²) in [6.07, 6.45) is 3.22. The Bertz CT molecular complexity index is 707. The van der Waals surface area contributed by atoms with E-state index < -0.39 is 0 Å². The molecule has 7 heteroatoms. The summed E-state index contributed by atoms with van der Waals surface area (Å²) in [7, 11) is 0. The standard InChI is InChI=1S/C19H24N2O5/c20-19(23)13-3-5-15-14(10-13)21(7-8-24-15)18(22)6-2-12-1-4-16-17(9-12)26-11-25-16/h1,4,9,13-15H,2-3,5-8,10-11H2,(H2,20,23)/t13-,14+,15+/m0/s1. The quantitative estimate of drug-likeness (QED) is 0.872. The molecular formula is C19H24N2O5. The Morgan fingerprint density at radius 3 is 2.88 bits per heavy atom. The predicted octanol–water partition coefficient (Wildman–Crippen LogP) is 1.23. The number of nitrogens with two attached hydrogens (primary N) is 1. The van der Waals surface area contributed by atoms with Crippen molar-refractivity contribution in [1.29, 1.82) is 0 Å². The van der Waals surface area contributed by atoms with E-state index in [2.05, 4.69) is 0 Å². The monoisotopic (exact) mass is 360 g/mol. The molecule has 2 fully saturated rings. The van der Waals surface area contributed by atoms with Crippen LogP contribution in [-0.2, 0) is 20.7 Å². The third kappa shape index (κ3) is 3.35. The lowest BCUT2D eigenvalue weighted by Crippen LogP contribution is -2.57. The van der Waals surface area contributed by atoms with E-state index in [0.29, 0.717) is 32.4 Å². The number of carbonyl (C=O) groups is 2. The van der Waals surface area contributed by atoms with Gasteiger partial charge < -0.3 is 24.8 Å². The molecule has 1 aromatic rings. The molecule has 1 aromatic carbocycles. The number of nitrogens with zero attached hydrogens (tertiary/aromatic N) is 1. The number of ether oxygens (including phenoxy) is 3. The molecule has 26 heavy (non-hydrogen) atoms. The zero-order chi connectivity index (χ0) is 18.1. The molecule has 2 heterocycles. The molecule has 2 aliphatic heterocycles. The van der Waals surface area contributed by atoms with E-state index in [9.17, 15) is 9.59 Å². The highest BCUT2D eigenvalue weighted by atomic mass is 16.7. The molecule has 0 unspecified atom stereocenters. The third-order valence-electron chi connectivity index (χ3n) is 5.61. The van der Waals surface area contributed by atoms with E-state index in [1.807, 2.05) is 23.1 Å². The van der Waals surface area contributed by atoms with Crippen molar-refractivity contribution in [3.05, 3.63) is 23.8 Å². The fourth-order valence-corrected chi connectivity index (χ4v) is 4.17. The Kier molecular flexibility index (Phi) is 4.72. The van der Waals surface area contributed by atoms with E-state index in [1.54, 1.807) is 0 Å². The van der Waals surface area contributed by atoms with Crippen LogP contribution in [0.1, 0.15) is 31.2 Å². The summed E-state index contributed by atoms with van der Waals surface area (Å²) in [6, 6.07) is 5.74. The first-order valence-corrected chi connectivity index (χ1v) is 9.21. The summed E-state index contributed by atoms with van der Waals surface area (Å²) in [5.41, 5.74) is 6.53. The summed E-state index contributed by atoms with van der Waals surface area (Å²) < 4.78 is 16.5. The molecular weight excluding hydrogens is 336 g/mol. The molecule has 2 amide bonds. The SMILES string of the molecule is NC(=O)[C@H]1CC[C@H]2OCCN(C(=O)CCc3ccc4c(c3)OCO4)[C@@H]2C1. The van der Waals surface area contributed by atoms with Crippen LogP contribution in [0.2, 0.25) is 0 Å². The highest BCUT2D eigenvalue weighted by Crippen LogP contribution is 2.34. The van der Waals surface area contributed by atoms with Crippen LogP contribution in [0.5, 0.6) is 11.5 Å². The van der Waals surface area contributed by atoms with E-state index in [4.69, 9.17) is 19.9 Å². The summed E-state index contributed by atoms with van der Waals surface area (Å²) in [5, 5.41) is 0. The number of hydrogen-bond acceptors (Lipinski definition) is 5. The molecule has 0 bridgehead atoms. The van der Waals surface area contributed by atoms with Crippen LogP contribution in [-0.4, -0.2) is 48.8 Å². The molecule has 4 rings (SSSR count). The van der Waals surface area contributed by atoms with Crippen molar-refractivity contribution < 1.29 is 23.8 Å². The first-order valence-electron chi connectivity index (χ1n) is 9.21. The Morgan fingerprint density at radius 2 is 2.04 bits per heavy atom. The van der Waals surface area contributed by atoms with Gasteiger partial charge in [-0.2, -0.15) is 0 Å². The average molecular weight is 360 g/mol. The molecule has 1 aliphatic carbocycles. The maximum atomic E-state index is 12.8. The van der Waals surface area contributed by atoms with Crippen LogP contribution in [0.3, 0.4) is 0 Å². The number of carbonyl (C=O) groups excluding carboxylic acids is 2. The van der Waals surface area contributed by atoms with Crippen molar-refractivity contribution in [2.45, 2.75) is 44.2 Å². The third-order valence-corrected chi connectivity index (χ3v) is 5.61. The lowest BCUT2D eigenvalue weighted by atomic mass is 9.81. The van der Waals surface area contributed by atoms with Gasteiger partial charge in [0.2, 0.25) is 18.6 Å². The number of hydrogen-bond donors (Lipinski definition) is 1. The number of aryl methyl sites for hydroxylation is 1.